The van der Waals surface area contributed by atoms with Crippen LogP contribution in [-0.2, 0) is 6.54 Å². The van der Waals surface area contributed by atoms with Crippen molar-refractivity contribution in [3.8, 4) is 0 Å². The Labute approximate surface area is 135 Å². The van der Waals surface area contributed by atoms with Crippen LogP contribution in [0.15, 0.2) is 40.8 Å². The summed E-state index contributed by atoms with van der Waals surface area (Å²) in [5.41, 5.74) is 1.35. The SMILES string of the molecule is Cc1ccc(CN2CCC3(CC2)NC(=O)c2ccccc2N3)o1. The molecule has 5 heteroatoms. The lowest BCUT2D eigenvalue weighted by atomic mass is 9.92. The number of para-hydroxylation sites is 1. The predicted molar refractivity (Wildman–Crippen MR) is 88.2 cm³/mol. The molecule has 1 spiro atoms. The van der Waals surface area contributed by atoms with Crippen LogP contribution >= 0.6 is 0 Å². The number of carbonyl (C=O) groups is 1. The highest BCUT2D eigenvalue weighted by Crippen LogP contribution is 2.31. The van der Waals surface area contributed by atoms with Crippen LogP contribution in [-0.4, -0.2) is 29.6 Å². The molecule has 1 fully saturated rings. The van der Waals surface area contributed by atoms with Crippen molar-refractivity contribution < 1.29 is 9.21 Å². The zero-order valence-corrected chi connectivity index (χ0v) is 13.3. The van der Waals surface area contributed by atoms with E-state index in [1.165, 1.54) is 0 Å². The average molecular weight is 311 g/mol. The Bertz CT molecular complexity index is 729. The van der Waals surface area contributed by atoms with Crippen LogP contribution in [0.25, 0.3) is 0 Å². The van der Waals surface area contributed by atoms with Gasteiger partial charge in [-0.25, -0.2) is 0 Å². The fraction of sp³-hybridized carbons (Fsp3) is 0.389. The van der Waals surface area contributed by atoms with Crippen molar-refractivity contribution in [2.24, 2.45) is 0 Å². The number of nitrogens with one attached hydrogen (secondary N) is 2. The number of furan rings is 1. The van der Waals surface area contributed by atoms with Gasteiger partial charge in [-0.05, 0) is 31.2 Å². The number of benzene rings is 1. The van der Waals surface area contributed by atoms with Crippen molar-refractivity contribution in [1.82, 2.24) is 10.2 Å². The fourth-order valence-corrected chi connectivity index (χ4v) is 3.50. The van der Waals surface area contributed by atoms with Crippen LogP contribution in [0.4, 0.5) is 5.69 Å². The minimum absolute atomic E-state index is 0.0226. The zero-order valence-electron chi connectivity index (χ0n) is 13.3. The molecule has 2 aromatic rings. The summed E-state index contributed by atoms with van der Waals surface area (Å²) in [5, 5.41) is 6.73. The summed E-state index contributed by atoms with van der Waals surface area (Å²) >= 11 is 0. The molecule has 2 aliphatic rings. The number of rotatable bonds is 2. The predicted octanol–water partition coefficient (Wildman–Crippen LogP) is 2.74. The number of likely N-dealkylation sites (tertiary alicyclic amines) is 1. The molecule has 0 atom stereocenters. The molecule has 0 unspecified atom stereocenters. The second-order valence-electron chi connectivity index (χ2n) is 6.50. The molecule has 1 aromatic carbocycles. The first-order valence-corrected chi connectivity index (χ1v) is 8.11. The summed E-state index contributed by atoms with van der Waals surface area (Å²) in [6, 6.07) is 11.7. The van der Waals surface area contributed by atoms with Crippen molar-refractivity contribution in [3.05, 3.63) is 53.5 Å². The van der Waals surface area contributed by atoms with E-state index < -0.39 is 0 Å². The lowest BCUT2D eigenvalue weighted by Gasteiger charge is -2.45. The quantitative estimate of drug-likeness (QED) is 0.895. The third-order valence-electron chi connectivity index (χ3n) is 4.78. The van der Waals surface area contributed by atoms with Gasteiger partial charge in [0.1, 0.15) is 17.2 Å². The van der Waals surface area contributed by atoms with Gasteiger partial charge in [0.15, 0.2) is 0 Å². The largest absolute Gasteiger partial charge is 0.465 e. The molecule has 3 heterocycles. The second kappa shape index (κ2) is 5.42. The van der Waals surface area contributed by atoms with Crippen LogP contribution in [0.3, 0.4) is 0 Å². The number of aryl methyl sites for hydroxylation is 1. The van der Waals surface area contributed by atoms with Gasteiger partial charge in [-0.1, -0.05) is 12.1 Å². The van der Waals surface area contributed by atoms with Gasteiger partial charge in [0.05, 0.1) is 12.1 Å². The van der Waals surface area contributed by atoms with Crippen LogP contribution in [0.1, 0.15) is 34.7 Å². The highest BCUT2D eigenvalue weighted by Gasteiger charge is 2.39. The van der Waals surface area contributed by atoms with E-state index in [4.69, 9.17) is 4.42 Å². The normalized spacial score (nSPS) is 20.0. The molecule has 0 saturated carbocycles. The molecular formula is C18H21N3O2. The van der Waals surface area contributed by atoms with Gasteiger partial charge in [0.25, 0.3) is 5.91 Å². The van der Waals surface area contributed by atoms with E-state index in [0.29, 0.717) is 0 Å². The molecule has 23 heavy (non-hydrogen) atoms. The summed E-state index contributed by atoms with van der Waals surface area (Å²) in [4.78, 5) is 14.7. The summed E-state index contributed by atoms with van der Waals surface area (Å²) in [6.07, 6.45) is 1.76. The topological polar surface area (TPSA) is 57.5 Å². The number of fused-ring (bicyclic) bond motifs is 1. The molecule has 0 radical (unpaired) electrons. The van der Waals surface area contributed by atoms with Crippen LogP contribution in [0.5, 0.6) is 0 Å². The summed E-state index contributed by atoms with van der Waals surface area (Å²) in [7, 11) is 0. The Kier molecular flexibility index (Phi) is 3.38. The smallest absolute Gasteiger partial charge is 0.255 e. The van der Waals surface area contributed by atoms with E-state index in [2.05, 4.69) is 15.5 Å². The molecule has 2 N–H and O–H groups in total. The van der Waals surface area contributed by atoms with Crippen molar-refractivity contribution in [2.45, 2.75) is 32.0 Å². The number of nitrogens with zero attached hydrogens (tertiary/aromatic N) is 1. The maximum Gasteiger partial charge on any atom is 0.255 e. The van der Waals surface area contributed by atoms with Crippen molar-refractivity contribution in [1.29, 1.82) is 0 Å². The standard InChI is InChI=1S/C18H21N3O2/c1-13-6-7-14(23-13)12-21-10-8-18(9-11-21)19-16-5-3-2-4-15(16)17(22)20-18/h2-7,19H,8-12H2,1H3,(H,20,22). The molecule has 0 bridgehead atoms. The molecule has 1 aromatic heterocycles. The number of carbonyl (C=O) groups excluding carboxylic acids is 1. The highest BCUT2D eigenvalue weighted by atomic mass is 16.3. The van der Waals surface area contributed by atoms with Gasteiger partial charge >= 0.3 is 0 Å². The molecule has 120 valence electrons. The Morgan fingerprint density at radius 2 is 1.91 bits per heavy atom. The van der Waals surface area contributed by atoms with E-state index in [-0.39, 0.29) is 11.6 Å². The summed E-state index contributed by atoms with van der Waals surface area (Å²) in [5.74, 6) is 1.98. The number of anilines is 1. The van der Waals surface area contributed by atoms with Crippen LogP contribution in [0, 0.1) is 6.92 Å². The molecule has 2 aliphatic heterocycles. The first kappa shape index (κ1) is 14.3. The van der Waals surface area contributed by atoms with E-state index in [1.807, 2.05) is 43.3 Å². The Morgan fingerprint density at radius 3 is 2.65 bits per heavy atom. The third-order valence-corrected chi connectivity index (χ3v) is 4.78. The van der Waals surface area contributed by atoms with Gasteiger partial charge in [0.2, 0.25) is 0 Å². The maximum absolute atomic E-state index is 12.4. The van der Waals surface area contributed by atoms with Gasteiger partial charge in [-0.2, -0.15) is 0 Å². The molecule has 0 aliphatic carbocycles. The molecule has 4 rings (SSSR count). The summed E-state index contributed by atoms with van der Waals surface area (Å²) < 4.78 is 5.66. The third kappa shape index (κ3) is 2.72. The van der Waals surface area contributed by atoms with E-state index >= 15 is 0 Å². The Morgan fingerprint density at radius 1 is 1.13 bits per heavy atom. The van der Waals surface area contributed by atoms with Crippen LogP contribution < -0.4 is 10.6 Å². The summed E-state index contributed by atoms with van der Waals surface area (Å²) in [6.45, 7) is 4.65. The lowest BCUT2D eigenvalue weighted by Crippen LogP contribution is -2.62. The number of hydrogen-bond acceptors (Lipinski definition) is 4. The molecule has 5 nitrogen and oxygen atoms in total. The van der Waals surface area contributed by atoms with E-state index in [1.54, 1.807) is 0 Å². The molecular weight excluding hydrogens is 290 g/mol. The monoisotopic (exact) mass is 311 g/mol. The van der Waals surface area contributed by atoms with E-state index in [9.17, 15) is 4.79 Å². The van der Waals surface area contributed by atoms with Crippen LogP contribution in [0.2, 0.25) is 0 Å². The highest BCUT2D eigenvalue weighted by molar-refractivity contribution is 6.02. The lowest BCUT2D eigenvalue weighted by molar-refractivity contribution is 0.0815. The number of amides is 1. The zero-order chi connectivity index (χ0) is 15.9. The van der Waals surface area contributed by atoms with Gasteiger partial charge in [0, 0.05) is 31.6 Å². The van der Waals surface area contributed by atoms with Gasteiger partial charge in [-0.3, -0.25) is 9.69 Å². The Balaban J connectivity index is 1.44. The maximum atomic E-state index is 12.4. The van der Waals surface area contributed by atoms with Gasteiger partial charge < -0.3 is 15.1 Å². The van der Waals surface area contributed by atoms with Crippen molar-refractivity contribution >= 4 is 11.6 Å². The van der Waals surface area contributed by atoms with Crippen molar-refractivity contribution in [3.63, 3.8) is 0 Å². The average Bonchev–Trinajstić information content (AvgIpc) is 2.95. The second-order valence-corrected chi connectivity index (χ2v) is 6.50. The molecule has 1 saturated heterocycles. The first-order chi connectivity index (χ1) is 11.1. The minimum atomic E-state index is -0.318. The van der Waals surface area contributed by atoms with Gasteiger partial charge in [-0.15, -0.1) is 0 Å². The number of hydrogen-bond donors (Lipinski definition) is 2. The van der Waals surface area contributed by atoms with Crippen molar-refractivity contribution in [2.75, 3.05) is 18.4 Å². The fourth-order valence-electron chi connectivity index (χ4n) is 3.50. The minimum Gasteiger partial charge on any atom is -0.465 e. The molecule has 1 amide bonds. The van der Waals surface area contributed by atoms with E-state index in [0.717, 1.165) is 55.2 Å². The Hall–Kier alpha value is -2.27. The first-order valence-electron chi connectivity index (χ1n) is 8.11. The number of piperidine rings is 1.